The number of carbonyl (C=O) groups is 4. The fraction of sp³-hybridized carbons (Fsp3) is 0.697. The summed E-state index contributed by atoms with van der Waals surface area (Å²) < 4.78 is 0. The molecule has 0 radical (unpaired) electrons. The van der Waals surface area contributed by atoms with Gasteiger partial charge >= 0.3 is 0 Å². The van der Waals surface area contributed by atoms with Crippen molar-refractivity contribution >= 4 is 45.6 Å². The molecule has 0 aromatic carbocycles. The number of thioether (sulfide) groups is 2. The zero-order chi connectivity index (χ0) is 58.5. The summed E-state index contributed by atoms with van der Waals surface area (Å²) in [7, 11) is 0. The summed E-state index contributed by atoms with van der Waals surface area (Å²) in [4.78, 5) is 56.5. The van der Waals surface area contributed by atoms with Crippen LogP contribution < -0.4 is 10.6 Å². The third kappa shape index (κ3) is 45.2. The lowest BCUT2D eigenvalue weighted by Crippen LogP contribution is -2.61. The number of allylic oxidation sites excluding steroid dienone is 12. The number of nitrogens with zero attached hydrogens (tertiary/aromatic N) is 2. The minimum atomic E-state index is -0.860. The molecule has 0 bridgehead atoms. The molecule has 6 N–H and O–H groups in total. The first kappa shape index (κ1) is 74.7. The second kappa shape index (κ2) is 53.7. The molecule has 0 aromatic rings. The van der Waals surface area contributed by atoms with Crippen LogP contribution in [0.1, 0.15) is 207 Å². The van der Waals surface area contributed by atoms with Crippen LogP contribution in [0.5, 0.6) is 0 Å². The highest BCUT2D eigenvalue weighted by atomic mass is 32.2. The van der Waals surface area contributed by atoms with E-state index in [1.807, 2.05) is 34.1 Å². The highest BCUT2D eigenvalue weighted by Crippen LogP contribution is 2.17. The molecular weight excluding hydrogens is 1040 g/mol. The summed E-state index contributed by atoms with van der Waals surface area (Å²) in [5, 5.41) is 49.1. The number of amides is 2. The summed E-state index contributed by atoms with van der Waals surface area (Å²) in [5.41, 5.74) is 0. The number of nitrogens with one attached hydrogen (secondary N) is 2. The Morgan fingerprint density at radius 1 is 0.425 bits per heavy atom. The molecule has 1 aliphatic heterocycles. The number of hydrogen-bond acceptors (Lipinski definition) is 12. The first-order chi connectivity index (χ1) is 38.9. The zero-order valence-corrected chi connectivity index (χ0v) is 51.9. The van der Waals surface area contributed by atoms with Crippen molar-refractivity contribution in [1.29, 1.82) is 0 Å². The molecule has 1 fully saturated rings. The Hall–Kier alpha value is -3.34. The number of unbranched alkanes of at least 4 members (excludes halogenated alkanes) is 12. The maximum atomic E-state index is 13.1. The van der Waals surface area contributed by atoms with Gasteiger partial charge in [-0.2, -0.15) is 0 Å². The quantitative estimate of drug-likeness (QED) is 0.0251. The smallest absolute Gasteiger partial charge is 0.243 e. The molecule has 0 aromatic heterocycles. The lowest BCUT2D eigenvalue weighted by atomic mass is 10.0. The fourth-order valence-corrected chi connectivity index (χ4v) is 10.6. The predicted molar refractivity (Wildman–Crippen MR) is 341 cm³/mol. The summed E-state index contributed by atoms with van der Waals surface area (Å²) in [5.74, 6) is 0.121. The third-order valence-corrected chi connectivity index (χ3v) is 15.5. The van der Waals surface area contributed by atoms with E-state index in [0.717, 1.165) is 74.9 Å². The standard InChI is InChI=1S/C66H112N4O8S2/c1-5-9-13-17-21-25-29-33-37-41-57(71)53-69(54-58(72)42-38-34-30-26-22-18-14-10-6-2)49-51-79-63(75)47-45-61-65(77)68-62(66(78)67-61)46-48-64(76)80-52-50-70(55-59(73)43-39-35-31-27-23-19-15-11-7-3)56-60(74)44-40-36-32-28-24-20-16-12-8-4/h21-28,33-40,57-62,71-74H,5-20,29-32,41-56H2,1-4H3,(H,67,78)(H,68,77)/b25-21-,26-22-,27-23-,28-24-,37-33-,38-34-,39-35-,40-36-. The van der Waals surface area contributed by atoms with Gasteiger partial charge in [-0.25, -0.2) is 0 Å². The van der Waals surface area contributed by atoms with Crippen molar-refractivity contribution in [3.05, 3.63) is 97.2 Å². The summed E-state index contributed by atoms with van der Waals surface area (Å²) >= 11 is 2.30. The van der Waals surface area contributed by atoms with E-state index in [-0.39, 0.29) is 47.7 Å². The fourth-order valence-electron chi connectivity index (χ4n) is 8.95. The van der Waals surface area contributed by atoms with Crippen molar-refractivity contribution < 1.29 is 39.6 Å². The molecule has 6 unspecified atom stereocenters. The molecule has 80 heavy (non-hydrogen) atoms. The minimum absolute atomic E-state index is 0.0793. The van der Waals surface area contributed by atoms with E-state index in [2.05, 4.69) is 111 Å². The lowest BCUT2D eigenvalue weighted by molar-refractivity contribution is -0.137. The van der Waals surface area contributed by atoms with Gasteiger partial charge in [-0.3, -0.25) is 29.0 Å². The molecule has 0 saturated carbocycles. The number of rotatable bonds is 52. The van der Waals surface area contributed by atoms with E-state index in [4.69, 9.17) is 0 Å². The Bertz CT molecular complexity index is 1600. The Kier molecular flexibility index (Phi) is 50.1. The summed E-state index contributed by atoms with van der Waals surface area (Å²) in [6.45, 7) is 11.2. The van der Waals surface area contributed by atoms with Gasteiger partial charge in [-0.05, 0) is 116 Å². The van der Waals surface area contributed by atoms with Crippen molar-refractivity contribution in [2.75, 3.05) is 50.8 Å². The van der Waals surface area contributed by atoms with Crippen LogP contribution >= 0.6 is 23.5 Å². The second-order valence-electron chi connectivity index (χ2n) is 21.4. The van der Waals surface area contributed by atoms with Crippen LogP contribution in [0.25, 0.3) is 0 Å². The molecule has 12 nitrogen and oxygen atoms in total. The maximum absolute atomic E-state index is 13.1. The third-order valence-electron chi connectivity index (χ3n) is 13.7. The molecule has 456 valence electrons. The summed E-state index contributed by atoms with van der Waals surface area (Å²) in [6, 6.07) is -1.72. The van der Waals surface area contributed by atoms with Gasteiger partial charge in [-0.15, -0.1) is 0 Å². The normalized spacial score (nSPS) is 17.1. The van der Waals surface area contributed by atoms with Gasteiger partial charge in [-0.1, -0.05) is 200 Å². The monoisotopic (exact) mass is 1150 g/mol. The van der Waals surface area contributed by atoms with E-state index < -0.39 is 36.5 Å². The van der Waals surface area contributed by atoms with Crippen LogP contribution in [-0.2, 0) is 19.2 Å². The maximum Gasteiger partial charge on any atom is 0.243 e. The number of carbonyl (C=O) groups excluding carboxylic acids is 4. The van der Waals surface area contributed by atoms with Gasteiger partial charge in [0.1, 0.15) is 12.1 Å². The molecule has 14 heteroatoms. The zero-order valence-electron chi connectivity index (χ0n) is 50.3. The molecule has 1 aliphatic rings. The highest BCUT2D eigenvalue weighted by molar-refractivity contribution is 8.13. The number of hydrogen-bond donors (Lipinski definition) is 6. The van der Waals surface area contributed by atoms with Crippen LogP contribution in [0, 0.1) is 0 Å². The van der Waals surface area contributed by atoms with Gasteiger partial charge in [0.2, 0.25) is 11.8 Å². The molecule has 1 rings (SSSR count). The van der Waals surface area contributed by atoms with E-state index >= 15 is 0 Å². The second-order valence-corrected chi connectivity index (χ2v) is 23.7. The first-order valence-corrected chi connectivity index (χ1v) is 33.2. The van der Waals surface area contributed by atoms with Crippen molar-refractivity contribution in [2.24, 2.45) is 0 Å². The molecule has 1 heterocycles. The van der Waals surface area contributed by atoms with E-state index in [0.29, 0.717) is 76.5 Å². The van der Waals surface area contributed by atoms with Gasteiger partial charge < -0.3 is 31.1 Å². The Labute approximate surface area is 495 Å². The van der Waals surface area contributed by atoms with Crippen LogP contribution in [0.15, 0.2) is 97.2 Å². The molecular formula is C66H112N4O8S2. The van der Waals surface area contributed by atoms with Crippen molar-refractivity contribution in [1.82, 2.24) is 20.4 Å². The van der Waals surface area contributed by atoms with Gasteiger partial charge in [0, 0.05) is 63.6 Å². The first-order valence-electron chi connectivity index (χ1n) is 31.2. The average Bonchev–Trinajstić information content (AvgIpc) is 3.43. The van der Waals surface area contributed by atoms with Crippen LogP contribution in [0.4, 0.5) is 0 Å². The van der Waals surface area contributed by atoms with Crippen molar-refractivity contribution in [3.63, 3.8) is 0 Å². The average molecular weight is 1150 g/mol. The van der Waals surface area contributed by atoms with Gasteiger partial charge in [0.25, 0.3) is 0 Å². The minimum Gasteiger partial charge on any atom is -0.391 e. The molecule has 0 spiro atoms. The van der Waals surface area contributed by atoms with Crippen LogP contribution in [0.2, 0.25) is 0 Å². The van der Waals surface area contributed by atoms with E-state index in [9.17, 15) is 39.6 Å². The Morgan fingerprint density at radius 2 is 0.688 bits per heavy atom. The molecule has 1 saturated heterocycles. The topological polar surface area (TPSA) is 180 Å². The molecule has 2 amide bonds. The van der Waals surface area contributed by atoms with E-state index in [1.165, 1.54) is 77.0 Å². The largest absolute Gasteiger partial charge is 0.391 e. The Morgan fingerprint density at radius 3 is 0.950 bits per heavy atom. The van der Waals surface area contributed by atoms with Gasteiger partial charge in [0.15, 0.2) is 10.2 Å². The van der Waals surface area contributed by atoms with E-state index in [1.54, 1.807) is 0 Å². The lowest BCUT2D eigenvalue weighted by Gasteiger charge is -2.29. The Balaban J connectivity index is 2.68. The SMILES string of the molecule is CCCCC/C=C\C/C=C\CC(O)CN(CCSC(=O)CCC1NC(=O)C(CCC(=O)SCCN(CC(O)C/C=C\C/C=C\CCCCC)CC(O)C/C=C\C/C=C\CCCCC)NC1=O)CC(O)C/C=C\C/C=C\CCCCC. The van der Waals surface area contributed by atoms with Crippen molar-refractivity contribution in [2.45, 2.75) is 244 Å². The number of aliphatic hydroxyl groups excluding tert-OH is 4. The summed E-state index contributed by atoms with van der Waals surface area (Å²) in [6.07, 6.45) is 55.9. The number of aliphatic hydroxyl groups is 4. The molecule has 0 aliphatic carbocycles. The molecule has 6 atom stereocenters. The van der Waals surface area contributed by atoms with Crippen LogP contribution in [-0.4, -0.2) is 140 Å². The van der Waals surface area contributed by atoms with Gasteiger partial charge in [0.05, 0.1) is 24.4 Å². The van der Waals surface area contributed by atoms with Crippen LogP contribution in [0.3, 0.4) is 0 Å². The van der Waals surface area contributed by atoms with Crippen molar-refractivity contribution in [3.8, 4) is 0 Å². The highest BCUT2D eigenvalue weighted by Gasteiger charge is 2.34. The predicted octanol–water partition coefficient (Wildman–Crippen LogP) is 13.0. The number of piperazine rings is 1.